The summed E-state index contributed by atoms with van der Waals surface area (Å²) in [5.41, 5.74) is -0.460. The molecule has 0 spiro atoms. The van der Waals surface area contributed by atoms with Crippen molar-refractivity contribution in [2.75, 3.05) is 31.1 Å². The van der Waals surface area contributed by atoms with E-state index in [0.29, 0.717) is 13.1 Å². The summed E-state index contributed by atoms with van der Waals surface area (Å²) < 4.78 is 6.51. The molecular weight excluding hydrogens is 370 g/mol. The van der Waals surface area contributed by atoms with E-state index in [-0.39, 0.29) is 6.09 Å². The molecule has 1 aliphatic rings. The van der Waals surface area contributed by atoms with Gasteiger partial charge in [0.2, 0.25) is 0 Å². The summed E-state index contributed by atoms with van der Waals surface area (Å²) in [4.78, 5) is 20.7. The number of piperazine rings is 1. The van der Waals surface area contributed by atoms with E-state index < -0.39 is 5.60 Å². The van der Waals surface area contributed by atoms with Crippen molar-refractivity contribution in [3.63, 3.8) is 0 Å². The first-order valence-corrected chi connectivity index (χ1v) is 8.90. The van der Waals surface area contributed by atoms with Gasteiger partial charge in [0.25, 0.3) is 0 Å². The summed E-state index contributed by atoms with van der Waals surface area (Å²) in [7, 11) is 0. The van der Waals surface area contributed by atoms with Gasteiger partial charge in [-0.15, -0.1) is 0 Å². The number of hydrogen-bond donors (Lipinski definition) is 0. The zero-order valence-corrected chi connectivity index (χ0v) is 15.8. The summed E-state index contributed by atoms with van der Waals surface area (Å²) >= 11 is 3.51. The molecule has 128 valence electrons. The van der Waals surface area contributed by atoms with E-state index in [1.54, 1.807) is 4.90 Å². The molecule has 0 N–H and O–H groups in total. The Bertz CT molecular complexity index is 750. The topological polar surface area (TPSA) is 45.7 Å². The lowest BCUT2D eigenvalue weighted by Crippen LogP contribution is -2.50. The third kappa shape index (κ3) is 3.80. The predicted molar refractivity (Wildman–Crippen MR) is 99.5 cm³/mol. The normalized spacial score (nSPS) is 15.7. The quantitative estimate of drug-likeness (QED) is 0.735. The molecule has 5 nitrogen and oxygen atoms in total. The van der Waals surface area contributed by atoms with Crippen LogP contribution in [0.15, 0.2) is 34.9 Å². The van der Waals surface area contributed by atoms with Crippen molar-refractivity contribution in [2.24, 2.45) is 0 Å². The van der Waals surface area contributed by atoms with Crippen LogP contribution in [0.5, 0.6) is 0 Å². The molecule has 2 heterocycles. The molecule has 24 heavy (non-hydrogen) atoms. The SMILES string of the molecule is CC(C)(C)OC(=O)N1CCN(c2nccc3cc(Br)ccc23)CC1. The third-order valence-corrected chi connectivity index (χ3v) is 4.43. The van der Waals surface area contributed by atoms with Crippen molar-refractivity contribution in [3.8, 4) is 0 Å². The third-order valence-electron chi connectivity index (χ3n) is 3.94. The van der Waals surface area contributed by atoms with Gasteiger partial charge >= 0.3 is 6.09 Å². The van der Waals surface area contributed by atoms with Crippen molar-refractivity contribution in [3.05, 3.63) is 34.9 Å². The second-order valence-electron chi connectivity index (χ2n) is 6.95. The Kier molecular flexibility index (Phi) is 4.67. The van der Waals surface area contributed by atoms with Crippen LogP contribution in [-0.2, 0) is 4.74 Å². The van der Waals surface area contributed by atoms with E-state index in [4.69, 9.17) is 4.74 Å². The molecular formula is C18H22BrN3O2. The number of nitrogens with zero attached hydrogens (tertiary/aromatic N) is 3. The van der Waals surface area contributed by atoms with Crippen LogP contribution in [0.3, 0.4) is 0 Å². The summed E-state index contributed by atoms with van der Waals surface area (Å²) in [6, 6.07) is 8.23. The van der Waals surface area contributed by atoms with E-state index in [1.165, 1.54) is 0 Å². The number of carbonyl (C=O) groups excluding carboxylic acids is 1. The van der Waals surface area contributed by atoms with Gasteiger partial charge in [0.15, 0.2) is 0 Å². The number of ether oxygens (including phenoxy) is 1. The Morgan fingerprint density at radius 1 is 1.17 bits per heavy atom. The number of benzene rings is 1. The maximum Gasteiger partial charge on any atom is 0.410 e. The van der Waals surface area contributed by atoms with Gasteiger partial charge in [-0.2, -0.15) is 0 Å². The number of pyridine rings is 1. The summed E-state index contributed by atoms with van der Waals surface area (Å²) in [6.45, 7) is 8.45. The fourth-order valence-corrected chi connectivity index (χ4v) is 3.19. The van der Waals surface area contributed by atoms with E-state index in [0.717, 1.165) is 34.2 Å². The standard InChI is InChI=1S/C18H22BrN3O2/c1-18(2,3)24-17(23)22-10-8-21(9-11-22)16-15-5-4-14(19)12-13(15)6-7-20-16/h4-7,12H,8-11H2,1-3H3. The molecule has 6 heteroatoms. The largest absolute Gasteiger partial charge is 0.444 e. The lowest BCUT2D eigenvalue weighted by molar-refractivity contribution is 0.0240. The second-order valence-corrected chi connectivity index (χ2v) is 7.87. The molecule has 1 amide bonds. The van der Waals surface area contributed by atoms with Crippen LogP contribution in [0.2, 0.25) is 0 Å². The Morgan fingerprint density at radius 2 is 1.88 bits per heavy atom. The Labute approximate surface area is 150 Å². The number of amides is 1. The molecule has 0 aliphatic carbocycles. The van der Waals surface area contributed by atoms with E-state index >= 15 is 0 Å². The lowest BCUT2D eigenvalue weighted by Gasteiger charge is -2.36. The number of hydrogen-bond acceptors (Lipinski definition) is 4. The smallest absolute Gasteiger partial charge is 0.410 e. The fourth-order valence-electron chi connectivity index (χ4n) is 2.81. The first kappa shape index (κ1) is 17.0. The molecule has 0 atom stereocenters. The minimum Gasteiger partial charge on any atom is -0.444 e. The minimum absolute atomic E-state index is 0.239. The highest BCUT2D eigenvalue weighted by Crippen LogP contribution is 2.27. The Hall–Kier alpha value is -1.82. The van der Waals surface area contributed by atoms with E-state index in [2.05, 4.69) is 37.9 Å². The summed E-state index contributed by atoms with van der Waals surface area (Å²) in [6.07, 6.45) is 1.60. The summed E-state index contributed by atoms with van der Waals surface area (Å²) in [5.74, 6) is 0.976. The zero-order chi connectivity index (χ0) is 17.3. The van der Waals surface area contributed by atoms with Crippen molar-refractivity contribution in [1.82, 2.24) is 9.88 Å². The number of anilines is 1. The van der Waals surface area contributed by atoms with Gasteiger partial charge in [0.1, 0.15) is 11.4 Å². The van der Waals surface area contributed by atoms with Gasteiger partial charge in [-0.3, -0.25) is 0 Å². The molecule has 0 bridgehead atoms. The van der Waals surface area contributed by atoms with Crippen LogP contribution in [-0.4, -0.2) is 47.8 Å². The maximum absolute atomic E-state index is 12.2. The molecule has 1 aromatic carbocycles. The first-order valence-electron chi connectivity index (χ1n) is 8.11. The number of carbonyl (C=O) groups is 1. The lowest BCUT2D eigenvalue weighted by atomic mass is 10.1. The van der Waals surface area contributed by atoms with Crippen molar-refractivity contribution in [1.29, 1.82) is 0 Å². The molecule has 1 aromatic heterocycles. The van der Waals surface area contributed by atoms with Crippen LogP contribution in [0.1, 0.15) is 20.8 Å². The van der Waals surface area contributed by atoms with E-state index in [1.807, 2.05) is 39.1 Å². The van der Waals surface area contributed by atoms with Crippen LogP contribution < -0.4 is 4.90 Å². The molecule has 0 radical (unpaired) electrons. The highest BCUT2D eigenvalue weighted by molar-refractivity contribution is 9.10. The van der Waals surface area contributed by atoms with Crippen molar-refractivity contribution < 1.29 is 9.53 Å². The van der Waals surface area contributed by atoms with Gasteiger partial charge in [-0.1, -0.05) is 15.9 Å². The Morgan fingerprint density at radius 3 is 2.54 bits per heavy atom. The number of fused-ring (bicyclic) bond motifs is 1. The second kappa shape index (κ2) is 6.59. The highest BCUT2D eigenvalue weighted by atomic mass is 79.9. The van der Waals surface area contributed by atoms with Crippen LogP contribution in [0.25, 0.3) is 10.8 Å². The first-order chi connectivity index (χ1) is 11.3. The molecule has 0 unspecified atom stereocenters. The van der Waals surface area contributed by atoms with Gasteiger partial charge in [0.05, 0.1) is 0 Å². The molecule has 2 aromatic rings. The highest BCUT2D eigenvalue weighted by Gasteiger charge is 2.26. The van der Waals surface area contributed by atoms with Crippen LogP contribution in [0.4, 0.5) is 10.6 Å². The Balaban J connectivity index is 1.72. The van der Waals surface area contributed by atoms with Gasteiger partial charge in [-0.05, 0) is 50.4 Å². The number of rotatable bonds is 1. The van der Waals surface area contributed by atoms with Gasteiger partial charge in [-0.25, -0.2) is 9.78 Å². The van der Waals surface area contributed by atoms with Crippen molar-refractivity contribution >= 4 is 38.6 Å². The molecule has 3 rings (SSSR count). The van der Waals surface area contributed by atoms with Crippen LogP contribution in [0, 0.1) is 0 Å². The monoisotopic (exact) mass is 391 g/mol. The van der Waals surface area contributed by atoms with Gasteiger partial charge < -0.3 is 14.5 Å². The number of halogens is 1. The fraction of sp³-hybridized carbons (Fsp3) is 0.444. The van der Waals surface area contributed by atoms with Crippen molar-refractivity contribution in [2.45, 2.75) is 26.4 Å². The molecule has 1 saturated heterocycles. The average Bonchev–Trinajstić information content (AvgIpc) is 2.52. The predicted octanol–water partition coefficient (Wildman–Crippen LogP) is 4.05. The molecule has 1 fully saturated rings. The number of aromatic nitrogens is 1. The zero-order valence-electron chi connectivity index (χ0n) is 14.3. The van der Waals surface area contributed by atoms with Gasteiger partial charge in [0, 0.05) is 42.2 Å². The van der Waals surface area contributed by atoms with Crippen LogP contribution >= 0.6 is 15.9 Å². The molecule has 0 saturated carbocycles. The minimum atomic E-state index is -0.460. The molecule has 1 aliphatic heterocycles. The maximum atomic E-state index is 12.2. The van der Waals surface area contributed by atoms with E-state index in [9.17, 15) is 4.79 Å². The average molecular weight is 392 g/mol. The summed E-state index contributed by atoms with van der Waals surface area (Å²) in [5, 5.41) is 2.29.